The Labute approximate surface area is 130 Å². The molecular weight excluding hydrogens is 252 g/mol. The molecule has 0 atom stereocenters. The summed E-state index contributed by atoms with van der Waals surface area (Å²) in [6.45, 7) is 9.51. The van der Waals surface area contributed by atoms with Crippen molar-refractivity contribution in [2.45, 2.75) is 71.1 Å². The van der Waals surface area contributed by atoms with Crippen LogP contribution in [-0.4, -0.2) is 0 Å². The zero-order chi connectivity index (χ0) is 14.8. The van der Waals surface area contributed by atoms with Crippen LogP contribution in [0.25, 0.3) is 0 Å². The summed E-state index contributed by atoms with van der Waals surface area (Å²) in [5.74, 6) is 5.00. The van der Waals surface area contributed by atoms with E-state index >= 15 is 0 Å². The molecule has 4 saturated carbocycles. The topological polar surface area (TPSA) is 0 Å². The van der Waals surface area contributed by atoms with Gasteiger partial charge in [0.25, 0.3) is 0 Å². The molecular formula is C21H30. The zero-order valence-electron chi connectivity index (χ0n) is 14.2. The standard InChI is InChI=1S/C21H30/c1-13-6-5-7-18(20(13)21(2,3)4)19-16-9-14-8-15(11-16)12-17(19)10-14/h5-7,14-17,19H,8-12H2,1-4H3. The van der Waals surface area contributed by atoms with Crippen LogP contribution in [-0.2, 0) is 5.41 Å². The summed E-state index contributed by atoms with van der Waals surface area (Å²) in [4.78, 5) is 0. The lowest BCUT2D eigenvalue weighted by Crippen LogP contribution is -2.44. The summed E-state index contributed by atoms with van der Waals surface area (Å²) >= 11 is 0. The Morgan fingerprint density at radius 2 is 1.43 bits per heavy atom. The smallest absolute Gasteiger partial charge is 0.0102 e. The maximum atomic E-state index is 2.47. The van der Waals surface area contributed by atoms with Gasteiger partial charge < -0.3 is 0 Å². The van der Waals surface area contributed by atoms with Gasteiger partial charge in [-0.05, 0) is 90.7 Å². The van der Waals surface area contributed by atoms with Crippen LogP contribution in [0, 0.1) is 30.6 Å². The second-order valence-electron chi connectivity index (χ2n) is 9.25. The average Bonchev–Trinajstić information content (AvgIpc) is 2.35. The van der Waals surface area contributed by atoms with E-state index in [1.54, 1.807) is 17.5 Å². The summed E-state index contributed by atoms with van der Waals surface area (Å²) in [7, 11) is 0. The van der Waals surface area contributed by atoms with Crippen molar-refractivity contribution in [3.8, 4) is 0 Å². The first-order valence-corrected chi connectivity index (χ1v) is 9.03. The lowest BCUT2D eigenvalue weighted by Gasteiger charge is -2.55. The van der Waals surface area contributed by atoms with Gasteiger partial charge in [-0.2, -0.15) is 0 Å². The van der Waals surface area contributed by atoms with E-state index < -0.39 is 0 Å². The number of benzene rings is 1. The van der Waals surface area contributed by atoms with E-state index in [2.05, 4.69) is 45.9 Å². The maximum Gasteiger partial charge on any atom is -0.0102 e. The zero-order valence-corrected chi connectivity index (χ0v) is 14.2. The van der Waals surface area contributed by atoms with Crippen molar-refractivity contribution in [3.05, 3.63) is 34.9 Å². The second kappa shape index (κ2) is 4.61. The first-order chi connectivity index (χ1) is 9.93. The summed E-state index contributed by atoms with van der Waals surface area (Å²) in [6.07, 6.45) is 7.65. The lowest BCUT2D eigenvalue weighted by molar-refractivity contribution is -0.00330. The normalized spacial score (nSPS) is 38.0. The highest BCUT2D eigenvalue weighted by Crippen LogP contribution is 2.60. The molecule has 0 N–H and O–H groups in total. The van der Waals surface area contributed by atoms with Gasteiger partial charge in [-0.15, -0.1) is 0 Å². The van der Waals surface area contributed by atoms with Crippen LogP contribution >= 0.6 is 0 Å². The molecule has 0 nitrogen and oxygen atoms in total. The highest BCUT2D eigenvalue weighted by atomic mass is 14.5. The summed E-state index contributed by atoms with van der Waals surface area (Å²) in [5, 5.41) is 0. The SMILES string of the molecule is Cc1cccc(C2C3CC4CC(C3)CC2C4)c1C(C)(C)C. The van der Waals surface area contributed by atoms with Gasteiger partial charge >= 0.3 is 0 Å². The van der Waals surface area contributed by atoms with Crippen molar-refractivity contribution in [3.63, 3.8) is 0 Å². The predicted molar refractivity (Wildman–Crippen MR) is 89.7 cm³/mol. The predicted octanol–water partition coefficient (Wildman–Crippen LogP) is 5.83. The molecule has 1 aromatic carbocycles. The highest BCUT2D eigenvalue weighted by Gasteiger charge is 2.49. The van der Waals surface area contributed by atoms with E-state index in [1.165, 1.54) is 31.2 Å². The van der Waals surface area contributed by atoms with Gasteiger partial charge in [0.1, 0.15) is 0 Å². The van der Waals surface area contributed by atoms with Gasteiger partial charge in [0, 0.05) is 0 Å². The first kappa shape index (κ1) is 13.9. The Kier molecular flexibility index (Phi) is 3.04. The van der Waals surface area contributed by atoms with Gasteiger partial charge in [0.2, 0.25) is 0 Å². The molecule has 5 rings (SSSR count). The van der Waals surface area contributed by atoms with Crippen molar-refractivity contribution in [2.75, 3.05) is 0 Å². The molecule has 114 valence electrons. The van der Waals surface area contributed by atoms with Gasteiger partial charge in [0.15, 0.2) is 0 Å². The largest absolute Gasteiger partial charge is 0.0617 e. The third-order valence-electron chi connectivity index (χ3n) is 6.64. The fourth-order valence-corrected chi connectivity index (χ4v) is 6.43. The van der Waals surface area contributed by atoms with E-state index in [1.807, 2.05) is 0 Å². The molecule has 4 aliphatic rings. The molecule has 0 heterocycles. The van der Waals surface area contributed by atoms with Crippen LogP contribution in [0.4, 0.5) is 0 Å². The molecule has 0 unspecified atom stereocenters. The summed E-state index contributed by atoms with van der Waals surface area (Å²) in [6, 6.07) is 7.10. The Bertz CT molecular complexity index is 518. The van der Waals surface area contributed by atoms with Crippen LogP contribution in [0.2, 0.25) is 0 Å². The van der Waals surface area contributed by atoms with Gasteiger partial charge in [-0.3, -0.25) is 0 Å². The van der Waals surface area contributed by atoms with Crippen LogP contribution < -0.4 is 0 Å². The molecule has 0 heteroatoms. The Hall–Kier alpha value is -0.780. The van der Waals surface area contributed by atoms with Crippen LogP contribution in [0.1, 0.15) is 75.5 Å². The van der Waals surface area contributed by atoms with Crippen molar-refractivity contribution in [1.29, 1.82) is 0 Å². The minimum Gasteiger partial charge on any atom is -0.0617 e. The third-order valence-corrected chi connectivity index (χ3v) is 6.64. The van der Waals surface area contributed by atoms with Crippen LogP contribution in [0.5, 0.6) is 0 Å². The van der Waals surface area contributed by atoms with Crippen molar-refractivity contribution in [1.82, 2.24) is 0 Å². The third kappa shape index (κ3) is 2.17. The molecule has 1 aromatic rings. The maximum absolute atomic E-state index is 2.47. The molecule has 0 amide bonds. The minimum atomic E-state index is 0.273. The minimum absolute atomic E-state index is 0.273. The Morgan fingerprint density at radius 3 is 1.95 bits per heavy atom. The Balaban J connectivity index is 1.79. The van der Waals surface area contributed by atoms with Gasteiger partial charge in [-0.25, -0.2) is 0 Å². The molecule has 4 bridgehead atoms. The molecule has 0 aliphatic heterocycles. The number of aryl methyl sites for hydroxylation is 1. The van der Waals surface area contributed by atoms with Crippen molar-refractivity contribution < 1.29 is 0 Å². The quantitative estimate of drug-likeness (QED) is 0.607. The number of hydrogen-bond donors (Lipinski definition) is 0. The van der Waals surface area contributed by atoms with Crippen LogP contribution in [0.3, 0.4) is 0 Å². The molecule has 0 saturated heterocycles. The van der Waals surface area contributed by atoms with E-state index in [9.17, 15) is 0 Å². The fraction of sp³-hybridized carbons (Fsp3) is 0.714. The number of rotatable bonds is 1. The molecule has 4 fully saturated rings. The first-order valence-electron chi connectivity index (χ1n) is 9.03. The fourth-order valence-electron chi connectivity index (χ4n) is 6.43. The summed E-state index contributed by atoms with van der Waals surface area (Å²) < 4.78 is 0. The molecule has 0 spiro atoms. The van der Waals surface area contributed by atoms with Gasteiger partial charge in [0.05, 0.1) is 0 Å². The monoisotopic (exact) mass is 282 g/mol. The van der Waals surface area contributed by atoms with E-state index in [0.29, 0.717) is 0 Å². The second-order valence-corrected chi connectivity index (χ2v) is 9.25. The average molecular weight is 282 g/mol. The van der Waals surface area contributed by atoms with E-state index in [-0.39, 0.29) is 5.41 Å². The van der Waals surface area contributed by atoms with Gasteiger partial charge in [-0.1, -0.05) is 39.0 Å². The van der Waals surface area contributed by atoms with Crippen LogP contribution in [0.15, 0.2) is 18.2 Å². The van der Waals surface area contributed by atoms with E-state index in [0.717, 1.165) is 29.6 Å². The van der Waals surface area contributed by atoms with E-state index in [4.69, 9.17) is 0 Å². The van der Waals surface area contributed by atoms with Crippen molar-refractivity contribution in [2.24, 2.45) is 23.7 Å². The Morgan fingerprint density at radius 1 is 0.857 bits per heavy atom. The lowest BCUT2D eigenvalue weighted by atomic mass is 9.50. The number of hydrogen-bond acceptors (Lipinski definition) is 0. The summed E-state index contributed by atoms with van der Waals surface area (Å²) in [5.41, 5.74) is 5.16. The van der Waals surface area contributed by atoms with Crippen molar-refractivity contribution >= 4 is 0 Å². The molecule has 0 radical (unpaired) electrons. The highest BCUT2D eigenvalue weighted by molar-refractivity contribution is 5.42. The molecule has 0 aromatic heterocycles. The molecule has 4 aliphatic carbocycles. The molecule has 21 heavy (non-hydrogen) atoms.